The lowest BCUT2D eigenvalue weighted by atomic mass is 10.1. The van der Waals surface area contributed by atoms with E-state index in [0.717, 1.165) is 38.8 Å². The standard InChI is InChI=1S/C20H19N5/c1-13(6-7-21-3)18-9-20-17(11-22-18)14(2)12-25(20)16-5-4-15-10-23-24-19(15)8-16/h4-12H,1-3H3,(H,23,24)/b13-6+,21-7?. The first-order valence-corrected chi connectivity index (χ1v) is 8.18. The fourth-order valence-corrected chi connectivity index (χ4v) is 3.06. The second-order valence-electron chi connectivity index (χ2n) is 6.17. The monoisotopic (exact) mass is 329 g/mol. The highest BCUT2D eigenvalue weighted by Crippen LogP contribution is 2.27. The summed E-state index contributed by atoms with van der Waals surface area (Å²) in [4.78, 5) is 8.62. The predicted octanol–water partition coefficient (Wildman–Crippen LogP) is 4.31. The number of fused-ring (bicyclic) bond motifs is 2. The van der Waals surface area contributed by atoms with Gasteiger partial charge in [0.15, 0.2) is 0 Å². The van der Waals surface area contributed by atoms with Crippen LogP contribution in [0.4, 0.5) is 0 Å². The Hall–Kier alpha value is -3.21. The van der Waals surface area contributed by atoms with Crippen LogP contribution in [0.1, 0.15) is 18.2 Å². The van der Waals surface area contributed by atoms with Gasteiger partial charge in [0.1, 0.15) is 0 Å². The first-order chi connectivity index (χ1) is 12.2. The third kappa shape index (κ3) is 2.63. The molecule has 0 saturated carbocycles. The minimum atomic E-state index is 0.953. The van der Waals surface area contributed by atoms with Gasteiger partial charge in [-0.2, -0.15) is 5.10 Å². The van der Waals surface area contributed by atoms with Gasteiger partial charge in [-0.3, -0.25) is 15.1 Å². The Kier molecular flexibility index (Phi) is 3.69. The van der Waals surface area contributed by atoms with Crippen LogP contribution in [0.15, 0.2) is 53.9 Å². The highest BCUT2D eigenvalue weighted by Gasteiger charge is 2.10. The fourth-order valence-electron chi connectivity index (χ4n) is 3.06. The van der Waals surface area contributed by atoms with Crippen molar-refractivity contribution in [3.63, 3.8) is 0 Å². The Bertz CT molecular complexity index is 1130. The van der Waals surface area contributed by atoms with Gasteiger partial charge in [-0.05, 0) is 55.3 Å². The second kappa shape index (κ2) is 6.02. The van der Waals surface area contributed by atoms with Gasteiger partial charge in [-0.25, -0.2) is 0 Å². The maximum atomic E-state index is 4.61. The van der Waals surface area contributed by atoms with Gasteiger partial charge in [0.2, 0.25) is 0 Å². The van der Waals surface area contributed by atoms with Crippen LogP contribution in [-0.4, -0.2) is 33.0 Å². The molecule has 5 heteroatoms. The largest absolute Gasteiger partial charge is 0.316 e. The van der Waals surface area contributed by atoms with Crippen LogP contribution in [0.25, 0.3) is 33.1 Å². The molecule has 0 aliphatic heterocycles. The van der Waals surface area contributed by atoms with E-state index in [9.17, 15) is 0 Å². The molecule has 1 aromatic carbocycles. The molecule has 0 radical (unpaired) electrons. The normalized spacial score (nSPS) is 12.7. The van der Waals surface area contributed by atoms with Gasteiger partial charge < -0.3 is 4.57 Å². The van der Waals surface area contributed by atoms with Crippen molar-refractivity contribution in [1.29, 1.82) is 0 Å². The topological polar surface area (TPSA) is 58.9 Å². The molecule has 124 valence electrons. The number of allylic oxidation sites excluding steroid dienone is 2. The predicted molar refractivity (Wildman–Crippen MR) is 104 cm³/mol. The Morgan fingerprint density at radius 3 is 2.96 bits per heavy atom. The summed E-state index contributed by atoms with van der Waals surface area (Å²) in [5.41, 5.74) is 6.51. The molecule has 0 aliphatic carbocycles. The molecular weight excluding hydrogens is 310 g/mol. The Morgan fingerprint density at radius 2 is 2.12 bits per heavy atom. The van der Waals surface area contributed by atoms with Crippen molar-refractivity contribution in [2.45, 2.75) is 13.8 Å². The molecule has 0 saturated heterocycles. The summed E-state index contributed by atoms with van der Waals surface area (Å²) in [5.74, 6) is 0. The SMILES string of the molecule is CN=C/C=C(\C)c1cc2c(cn1)c(C)cn2-c1ccc2cn[nH]c2c1. The van der Waals surface area contributed by atoms with Crippen LogP contribution in [0, 0.1) is 6.92 Å². The number of aromatic nitrogens is 4. The number of nitrogens with one attached hydrogen (secondary N) is 1. The van der Waals surface area contributed by atoms with E-state index >= 15 is 0 Å². The summed E-state index contributed by atoms with van der Waals surface area (Å²) in [7, 11) is 1.76. The average Bonchev–Trinajstić information content (AvgIpc) is 3.23. The van der Waals surface area contributed by atoms with Crippen LogP contribution < -0.4 is 0 Å². The maximum absolute atomic E-state index is 4.61. The van der Waals surface area contributed by atoms with Gasteiger partial charge >= 0.3 is 0 Å². The molecule has 0 unspecified atom stereocenters. The van der Waals surface area contributed by atoms with E-state index in [0.29, 0.717) is 0 Å². The van der Waals surface area contributed by atoms with Gasteiger partial charge in [0.25, 0.3) is 0 Å². The molecule has 3 aromatic heterocycles. The summed E-state index contributed by atoms with van der Waals surface area (Å²) in [6.45, 7) is 4.16. The van der Waals surface area contributed by atoms with Crippen molar-refractivity contribution in [3.8, 4) is 5.69 Å². The number of H-pyrrole nitrogens is 1. The summed E-state index contributed by atoms with van der Waals surface area (Å²) in [5, 5.41) is 9.41. The molecule has 0 amide bonds. The smallest absolute Gasteiger partial charge is 0.0680 e. The van der Waals surface area contributed by atoms with Gasteiger partial charge in [0, 0.05) is 42.1 Å². The summed E-state index contributed by atoms with van der Waals surface area (Å²) < 4.78 is 2.21. The van der Waals surface area contributed by atoms with Crippen molar-refractivity contribution in [1.82, 2.24) is 19.7 Å². The van der Waals surface area contributed by atoms with Gasteiger partial charge in [-0.15, -0.1) is 0 Å². The number of rotatable bonds is 3. The molecule has 4 aromatic rings. The Balaban J connectivity index is 1.91. The molecule has 4 rings (SSSR count). The molecule has 0 fully saturated rings. The lowest BCUT2D eigenvalue weighted by molar-refractivity contribution is 1.10. The lowest BCUT2D eigenvalue weighted by Gasteiger charge is -2.07. The zero-order valence-electron chi connectivity index (χ0n) is 14.5. The Morgan fingerprint density at radius 1 is 1.24 bits per heavy atom. The molecule has 0 spiro atoms. The first-order valence-electron chi connectivity index (χ1n) is 8.18. The van der Waals surface area contributed by atoms with Crippen LogP contribution in [-0.2, 0) is 0 Å². The summed E-state index contributed by atoms with van der Waals surface area (Å²) in [6, 6.07) is 8.45. The molecule has 0 aliphatic rings. The quantitative estimate of drug-likeness (QED) is 0.569. The van der Waals surface area contributed by atoms with Crippen molar-refractivity contribution in [2.24, 2.45) is 4.99 Å². The van der Waals surface area contributed by atoms with E-state index in [1.54, 1.807) is 13.3 Å². The van der Waals surface area contributed by atoms with Crippen LogP contribution >= 0.6 is 0 Å². The van der Waals surface area contributed by atoms with Gasteiger partial charge in [-0.1, -0.05) is 0 Å². The minimum Gasteiger partial charge on any atom is -0.316 e. The summed E-state index contributed by atoms with van der Waals surface area (Å²) in [6.07, 6.45) is 9.71. The number of hydrogen-bond acceptors (Lipinski definition) is 3. The number of aryl methyl sites for hydroxylation is 1. The molecule has 1 N–H and O–H groups in total. The van der Waals surface area contributed by atoms with E-state index in [-0.39, 0.29) is 0 Å². The van der Waals surface area contributed by atoms with E-state index in [2.05, 4.69) is 62.1 Å². The zero-order valence-corrected chi connectivity index (χ0v) is 14.5. The van der Waals surface area contributed by atoms with E-state index < -0.39 is 0 Å². The third-order valence-electron chi connectivity index (χ3n) is 4.47. The lowest BCUT2D eigenvalue weighted by Crippen LogP contribution is -1.94. The van der Waals surface area contributed by atoms with Crippen molar-refractivity contribution < 1.29 is 0 Å². The molecule has 3 heterocycles. The van der Waals surface area contributed by atoms with Crippen molar-refractivity contribution >= 4 is 33.6 Å². The number of pyridine rings is 1. The molecule has 0 atom stereocenters. The molecular formula is C20H19N5. The molecule has 5 nitrogen and oxygen atoms in total. The van der Waals surface area contributed by atoms with Gasteiger partial charge in [0.05, 0.1) is 22.9 Å². The highest BCUT2D eigenvalue weighted by atomic mass is 15.1. The van der Waals surface area contributed by atoms with E-state index in [4.69, 9.17) is 0 Å². The Labute approximate surface area is 145 Å². The fraction of sp³-hybridized carbons (Fsp3) is 0.150. The highest BCUT2D eigenvalue weighted by molar-refractivity contribution is 5.90. The number of benzene rings is 1. The number of nitrogens with zero attached hydrogens (tertiary/aromatic N) is 4. The van der Waals surface area contributed by atoms with E-state index in [1.165, 1.54) is 5.56 Å². The van der Waals surface area contributed by atoms with Crippen molar-refractivity contribution in [2.75, 3.05) is 7.05 Å². The van der Waals surface area contributed by atoms with Crippen molar-refractivity contribution in [3.05, 3.63) is 60.2 Å². The second-order valence-corrected chi connectivity index (χ2v) is 6.17. The van der Waals surface area contributed by atoms with E-state index in [1.807, 2.05) is 25.4 Å². The van der Waals surface area contributed by atoms with Crippen LogP contribution in [0.2, 0.25) is 0 Å². The number of hydrogen-bond donors (Lipinski definition) is 1. The minimum absolute atomic E-state index is 0.953. The average molecular weight is 329 g/mol. The van der Waals surface area contributed by atoms with Crippen LogP contribution in [0.3, 0.4) is 0 Å². The number of aromatic amines is 1. The first kappa shape index (κ1) is 15.3. The summed E-state index contributed by atoms with van der Waals surface area (Å²) >= 11 is 0. The zero-order chi connectivity index (χ0) is 17.4. The number of aliphatic imine (C=N–C) groups is 1. The van der Waals surface area contributed by atoms with Crippen LogP contribution in [0.5, 0.6) is 0 Å². The maximum Gasteiger partial charge on any atom is 0.0680 e. The third-order valence-corrected chi connectivity index (χ3v) is 4.47. The molecule has 0 bridgehead atoms. The molecule has 25 heavy (non-hydrogen) atoms.